The second-order valence-electron chi connectivity index (χ2n) is 5.92. The Kier molecular flexibility index (Phi) is 5.59. The molecular weight excluding hydrogens is 426 g/mol. The molecule has 0 saturated carbocycles. The van der Waals surface area contributed by atoms with Gasteiger partial charge in [0.15, 0.2) is 12.7 Å². The minimum absolute atomic E-state index is 0.140. The number of rotatable bonds is 6. The van der Waals surface area contributed by atoms with Gasteiger partial charge in [0.1, 0.15) is 18.3 Å². The lowest BCUT2D eigenvalue weighted by Crippen LogP contribution is -2.46. The van der Waals surface area contributed by atoms with Crippen LogP contribution in [0.25, 0.3) is 11.2 Å². The first-order valence-electron chi connectivity index (χ1n) is 7.59. The van der Waals surface area contributed by atoms with E-state index in [1.807, 2.05) is 0 Å². The predicted octanol–water partition coefficient (Wildman–Crippen LogP) is -2.61. The molecule has 1 unspecified atom stereocenters. The second kappa shape index (κ2) is 7.39. The molecule has 0 aromatic carbocycles. The van der Waals surface area contributed by atoms with Crippen LogP contribution >= 0.6 is 15.6 Å². The minimum atomic E-state index is -5.30. The van der Waals surface area contributed by atoms with Gasteiger partial charge in [-0.1, -0.05) is 4.98 Å². The van der Waals surface area contributed by atoms with E-state index >= 15 is 0 Å². The summed E-state index contributed by atoms with van der Waals surface area (Å²) in [6.45, 7) is -0.832. The number of aliphatic hydroxyl groups excluding tert-OH is 2. The van der Waals surface area contributed by atoms with Gasteiger partial charge in [-0.2, -0.15) is 4.31 Å². The van der Waals surface area contributed by atoms with Gasteiger partial charge in [-0.05, 0) is 0 Å². The standard InChI is InChI=1S/C11H16N4O11P2/c1-14-4-15(9-6(14)10(18)13-3-12-9)11-8(17)7(16)5(25-11)2-24-28(22,23)26-27(19,20)21/h3-5,7-8,11,16-17H,2H2,1H3,(H3-,12,13,18,19,20,21,22,23)/p+1/t5-,7-,8-,11-/m1/s1. The molecule has 1 aliphatic rings. The number of fused-ring (bicyclic) bond motifs is 1. The molecule has 0 spiro atoms. The highest BCUT2D eigenvalue weighted by Gasteiger charge is 2.48. The van der Waals surface area contributed by atoms with E-state index in [0.29, 0.717) is 0 Å². The topological polar surface area (TPSA) is 218 Å². The van der Waals surface area contributed by atoms with Crippen LogP contribution in [-0.4, -0.2) is 64.3 Å². The van der Waals surface area contributed by atoms with Crippen molar-refractivity contribution in [3.05, 3.63) is 23.0 Å². The normalized spacial score (nSPS) is 27.9. The van der Waals surface area contributed by atoms with Crippen LogP contribution in [0.5, 0.6) is 0 Å². The van der Waals surface area contributed by atoms with Crippen LogP contribution in [0, 0.1) is 0 Å². The number of ether oxygens (including phenoxy) is 1. The summed E-state index contributed by atoms with van der Waals surface area (Å²) in [5.41, 5.74) is -0.140. The van der Waals surface area contributed by atoms with E-state index in [2.05, 4.69) is 18.8 Å². The third-order valence-corrected chi connectivity index (χ3v) is 6.08. The third-order valence-electron chi connectivity index (χ3n) is 3.93. The Morgan fingerprint density at radius 2 is 2.00 bits per heavy atom. The lowest BCUT2D eigenvalue weighted by Gasteiger charge is -2.17. The summed E-state index contributed by atoms with van der Waals surface area (Å²) in [6.07, 6.45) is -3.19. The van der Waals surface area contributed by atoms with E-state index in [4.69, 9.17) is 14.5 Å². The number of hydrogen-bond acceptors (Lipinski definition) is 9. The zero-order chi connectivity index (χ0) is 20.9. The van der Waals surface area contributed by atoms with Crippen LogP contribution in [0.15, 0.2) is 17.4 Å². The number of aliphatic hydroxyl groups is 2. The van der Waals surface area contributed by atoms with Crippen molar-refractivity contribution >= 4 is 26.8 Å². The minimum Gasteiger partial charge on any atom is -0.387 e. The molecule has 0 aliphatic carbocycles. The van der Waals surface area contributed by atoms with E-state index in [1.165, 1.54) is 15.5 Å². The van der Waals surface area contributed by atoms with Gasteiger partial charge in [0.25, 0.3) is 5.56 Å². The fourth-order valence-corrected chi connectivity index (χ4v) is 4.40. The Morgan fingerprint density at radius 3 is 2.64 bits per heavy atom. The maximum atomic E-state index is 11.9. The summed E-state index contributed by atoms with van der Waals surface area (Å²) in [7, 11) is -8.90. The maximum absolute atomic E-state index is 11.9. The molecule has 6 N–H and O–H groups in total. The van der Waals surface area contributed by atoms with Gasteiger partial charge >= 0.3 is 21.3 Å². The van der Waals surface area contributed by atoms with Crippen molar-refractivity contribution in [3.8, 4) is 0 Å². The Labute approximate surface area is 155 Å². The van der Waals surface area contributed by atoms with Crippen molar-refractivity contribution in [2.75, 3.05) is 6.61 Å². The number of imidazole rings is 1. The molecule has 5 atom stereocenters. The van der Waals surface area contributed by atoms with Crippen molar-refractivity contribution in [2.45, 2.75) is 24.5 Å². The highest BCUT2D eigenvalue weighted by atomic mass is 31.3. The first-order chi connectivity index (χ1) is 12.9. The summed E-state index contributed by atoms with van der Waals surface area (Å²) in [5.74, 6) is 0. The number of hydrogen-bond donors (Lipinski definition) is 6. The average Bonchev–Trinajstić information content (AvgIpc) is 3.03. The Bertz CT molecular complexity index is 1030. The highest BCUT2D eigenvalue weighted by molar-refractivity contribution is 7.60. The van der Waals surface area contributed by atoms with Gasteiger partial charge in [0, 0.05) is 0 Å². The largest absolute Gasteiger partial charge is 0.481 e. The molecule has 1 saturated heterocycles. The van der Waals surface area contributed by atoms with Gasteiger partial charge < -0.3 is 29.6 Å². The number of phosphoric ester groups is 1. The van der Waals surface area contributed by atoms with Crippen LogP contribution in [0.2, 0.25) is 0 Å². The summed E-state index contributed by atoms with van der Waals surface area (Å²) < 4.78 is 38.4. The monoisotopic (exact) mass is 443 g/mol. The Morgan fingerprint density at radius 1 is 1.32 bits per heavy atom. The van der Waals surface area contributed by atoms with Crippen LogP contribution in [0.4, 0.5) is 0 Å². The lowest BCUT2D eigenvalue weighted by molar-refractivity contribution is -0.745. The van der Waals surface area contributed by atoms with Gasteiger partial charge in [0.2, 0.25) is 11.7 Å². The van der Waals surface area contributed by atoms with Gasteiger partial charge in [-0.15, -0.1) is 0 Å². The molecule has 156 valence electrons. The van der Waals surface area contributed by atoms with Crippen molar-refractivity contribution in [3.63, 3.8) is 0 Å². The molecule has 1 aliphatic heterocycles. The number of aromatic amines is 1. The molecule has 17 heteroatoms. The number of aromatic nitrogens is 4. The third kappa shape index (κ3) is 4.23. The molecule has 1 fully saturated rings. The molecule has 3 rings (SSSR count). The molecule has 15 nitrogen and oxygen atoms in total. The van der Waals surface area contributed by atoms with Crippen LogP contribution < -0.4 is 10.1 Å². The Hall–Kier alpha value is -1.51. The summed E-state index contributed by atoms with van der Waals surface area (Å²) in [6, 6.07) is 0. The van der Waals surface area contributed by atoms with E-state index in [9.17, 15) is 29.0 Å². The molecule has 28 heavy (non-hydrogen) atoms. The summed E-state index contributed by atoms with van der Waals surface area (Å²) >= 11 is 0. The van der Waals surface area contributed by atoms with E-state index in [0.717, 1.165) is 6.33 Å². The van der Waals surface area contributed by atoms with Crippen LogP contribution in [-0.2, 0) is 29.7 Å². The number of phosphoric acid groups is 2. The number of aryl methyl sites for hydroxylation is 1. The zero-order valence-electron chi connectivity index (χ0n) is 14.1. The molecule has 0 radical (unpaired) electrons. The first kappa shape index (κ1) is 21.2. The van der Waals surface area contributed by atoms with Gasteiger partial charge in [-0.25, -0.2) is 13.7 Å². The van der Waals surface area contributed by atoms with Crippen molar-refractivity contribution in [2.24, 2.45) is 7.05 Å². The molecular formula is C11H17N4O11P2+. The SMILES string of the molecule is Cn1c[n+]([C@@H]2O[C@H](COP(=O)(O)OP(=O)(O)O)[C@@H](O)[C@H]2O)c2nc[nH]c(=O)c21. The van der Waals surface area contributed by atoms with Gasteiger partial charge in [0.05, 0.1) is 13.7 Å². The average molecular weight is 443 g/mol. The molecule has 3 heterocycles. The zero-order valence-corrected chi connectivity index (χ0v) is 15.9. The quantitative estimate of drug-likeness (QED) is 0.200. The highest BCUT2D eigenvalue weighted by Crippen LogP contribution is 2.57. The van der Waals surface area contributed by atoms with Gasteiger partial charge in [-0.3, -0.25) is 18.9 Å². The van der Waals surface area contributed by atoms with E-state index in [-0.39, 0.29) is 11.2 Å². The van der Waals surface area contributed by atoms with Crippen LogP contribution in [0.1, 0.15) is 6.23 Å². The lowest BCUT2D eigenvalue weighted by atomic mass is 10.1. The number of nitrogens with zero attached hydrogens (tertiary/aromatic N) is 3. The molecule has 0 bridgehead atoms. The van der Waals surface area contributed by atoms with E-state index in [1.54, 1.807) is 7.05 Å². The smallest absolute Gasteiger partial charge is 0.387 e. The summed E-state index contributed by atoms with van der Waals surface area (Å²) in [5, 5.41) is 20.4. The molecule has 2 aromatic rings. The second-order valence-corrected chi connectivity index (χ2v) is 8.75. The van der Waals surface area contributed by atoms with E-state index < -0.39 is 52.4 Å². The number of H-pyrrole nitrogens is 1. The maximum Gasteiger partial charge on any atom is 0.481 e. The first-order valence-corrected chi connectivity index (χ1v) is 10.6. The molecule has 0 amide bonds. The van der Waals surface area contributed by atoms with Crippen molar-refractivity contribution < 1.29 is 52.2 Å². The van der Waals surface area contributed by atoms with Crippen molar-refractivity contribution in [1.29, 1.82) is 0 Å². The fraction of sp³-hybridized carbons (Fsp3) is 0.545. The van der Waals surface area contributed by atoms with Crippen molar-refractivity contribution in [1.82, 2.24) is 14.5 Å². The Balaban J connectivity index is 1.80. The summed E-state index contributed by atoms with van der Waals surface area (Å²) in [4.78, 5) is 44.8. The molecule has 2 aromatic heterocycles. The van der Waals surface area contributed by atoms with Crippen LogP contribution in [0.3, 0.4) is 0 Å². The number of nitrogens with one attached hydrogen (secondary N) is 1. The fourth-order valence-electron chi connectivity index (χ4n) is 2.80. The predicted molar refractivity (Wildman–Crippen MR) is 86.4 cm³/mol.